The Morgan fingerprint density at radius 1 is 1.40 bits per heavy atom. The number of nitro benzene ring substituents is 2. The van der Waals surface area contributed by atoms with Crippen molar-refractivity contribution in [2.24, 2.45) is 5.10 Å². The predicted octanol–water partition coefficient (Wildman–Crippen LogP) is 1.76. The second-order valence-corrected chi connectivity index (χ2v) is 4.89. The van der Waals surface area contributed by atoms with Crippen LogP contribution in [0.4, 0.5) is 17.1 Å². The van der Waals surface area contributed by atoms with Gasteiger partial charge in [-0.1, -0.05) is 0 Å². The van der Waals surface area contributed by atoms with Gasteiger partial charge < -0.3 is 4.89 Å². The summed E-state index contributed by atoms with van der Waals surface area (Å²) in [4.78, 5) is 28.6. The Bertz CT molecular complexity index is 602. The number of hydrogen-bond acceptors (Lipinski definition) is 7. The minimum atomic E-state index is -2.72. The summed E-state index contributed by atoms with van der Waals surface area (Å²) in [5.74, 6) is 0. The second-order valence-electron chi connectivity index (χ2n) is 3.75. The van der Waals surface area contributed by atoms with Crippen LogP contribution >= 0.6 is 8.03 Å². The first-order valence-corrected chi connectivity index (χ1v) is 6.81. The van der Waals surface area contributed by atoms with Gasteiger partial charge in [-0.3, -0.25) is 30.2 Å². The highest BCUT2D eigenvalue weighted by atomic mass is 31.1. The van der Waals surface area contributed by atoms with Crippen molar-refractivity contribution in [3.05, 3.63) is 38.4 Å². The molecule has 0 amide bonds. The largest absolute Gasteiger partial charge is 0.346 e. The molecular weight excluding hydrogens is 291 g/mol. The fraction of sp³-hybridized carbons (Fsp3) is 0.222. The van der Waals surface area contributed by atoms with Crippen LogP contribution in [0.25, 0.3) is 0 Å². The number of nitrogens with one attached hydrogen (secondary N) is 1. The first-order chi connectivity index (χ1) is 9.31. The first-order valence-electron chi connectivity index (χ1n) is 5.25. The molecule has 0 fully saturated rings. The number of rotatable bonds is 6. The molecule has 11 heteroatoms. The van der Waals surface area contributed by atoms with Gasteiger partial charge in [-0.2, -0.15) is 5.10 Å². The van der Waals surface area contributed by atoms with Crippen molar-refractivity contribution in [3.63, 3.8) is 0 Å². The van der Waals surface area contributed by atoms with Gasteiger partial charge in [0.15, 0.2) is 8.03 Å². The van der Waals surface area contributed by atoms with Crippen LogP contribution in [0.3, 0.4) is 0 Å². The van der Waals surface area contributed by atoms with Gasteiger partial charge in [0.2, 0.25) is 0 Å². The van der Waals surface area contributed by atoms with Gasteiger partial charge in [-0.15, -0.1) is 0 Å². The lowest BCUT2D eigenvalue weighted by atomic mass is 10.2. The number of anilines is 1. The highest BCUT2D eigenvalue weighted by molar-refractivity contribution is 7.39. The number of nitro groups is 2. The smallest absolute Gasteiger partial charge is 0.301 e. The Kier molecular flexibility index (Phi) is 5.30. The third-order valence-corrected chi connectivity index (χ3v) is 2.98. The van der Waals surface area contributed by atoms with Gasteiger partial charge in [0.25, 0.3) is 5.69 Å². The average molecular weight is 302 g/mol. The van der Waals surface area contributed by atoms with E-state index in [1.54, 1.807) is 0 Å². The van der Waals surface area contributed by atoms with Crippen LogP contribution in [0.1, 0.15) is 6.92 Å². The maximum absolute atomic E-state index is 10.8. The van der Waals surface area contributed by atoms with E-state index in [9.17, 15) is 24.8 Å². The van der Waals surface area contributed by atoms with Crippen molar-refractivity contribution >= 4 is 30.8 Å². The van der Waals surface area contributed by atoms with Crippen molar-refractivity contribution in [1.82, 2.24) is 0 Å². The topological polar surface area (TPSA) is 148 Å². The molecule has 0 saturated carbocycles. The van der Waals surface area contributed by atoms with Gasteiger partial charge in [-0.25, -0.2) is 0 Å². The van der Waals surface area contributed by atoms with E-state index < -0.39 is 29.2 Å². The summed E-state index contributed by atoms with van der Waals surface area (Å²) < 4.78 is 10.6. The fourth-order valence-electron chi connectivity index (χ4n) is 1.29. The molecule has 0 aromatic heterocycles. The molecule has 108 valence electrons. The lowest BCUT2D eigenvalue weighted by Gasteiger charge is -2.03. The quantitative estimate of drug-likeness (QED) is 0.352. The molecule has 10 nitrogen and oxygen atoms in total. The Hall–Kier alpha value is -2.32. The molecule has 0 bridgehead atoms. The van der Waals surface area contributed by atoms with Crippen molar-refractivity contribution in [3.8, 4) is 0 Å². The number of hydrogen-bond donors (Lipinski definition) is 2. The van der Waals surface area contributed by atoms with E-state index in [2.05, 4.69) is 10.5 Å². The van der Waals surface area contributed by atoms with Crippen molar-refractivity contribution < 1.29 is 19.3 Å². The van der Waals surface area contributed by atoms with E-state index in [1.807, 2.05) is 0 Å². The van der Waals surface area contributed by atoms with E-state index >= 15 is 0 Å². The minimum Gasteiger partial charge on any atom is -0.346 e. The van der Waals surface area contributed by atoms with Crippen LogP contribution in [-0.2, 0) is 4.57 Å². The van der Waals surface area contributed by atoms with E-state index in [1.165, 1.54) is 6.92 Å². The Labute approximate surface area is 113 Å². The highest BCUT2D eigenvalue weighted by Crippen LogP contribution is 2.29. The van der Waals surface area contributed by atoms with Gasteiger partial charge in [0.05, 0.1) is 22.1 Å². The van der Waals surface area contributed by atoms with Crippen molar-refractivity contribution in [2.75, 3.05) is 11.6 Å². The zero-order valence-corrected chi connectivity index (χ0v) is 11.3. The molecule has 1 rings (SSSR count). The molecule has 1 unspecified atom stereocenters. The van der Waals surface area contributed by atoms with E-state index in [0.717, 1.165) is 18.2 Å². The summed E-state index contributed by atoms with van der Waals surface area (Å²) in [6.07, 6.45) is -0.140. The summed E-state index contributed by atoms with van der Waals surface area (Å²) >= 11 is 0. The molecule has 1 aromatic rings. The molecule has 1 atom stereocenters. The minimum absolute atomic E-state index is 0.0439. The maximum Gasteiger partial charge on any atom is 0.301 e. The summed E-state index contributed by atoms with van der Waals surface area (Å²) in [5, 5.41) is 25.1. The van der Waals surface area contributed by atoms with Crippen LogP contribution in [0, 0.1) is 20.2 Å². The average Bonchev–Trinajstić information content (AvgIpc) is 2.35. The molecule has 0 saturated heterocycles. The van der Waals surface area contributed by atoms with Gasteiger partial charge in [-0.05, 0) is 13.0 Å². The van der Waals surface area contributed by atoms with E-state index in [4.69, 9.17) is 4.89 Å². The molecular formula is C9H11N4O6P. The van der Waals surface area contributed by atoms with Crippen LogP contribution in [0.15, 0.2) is 23.3 Å². The van der Waals surface area contributed by atoms with E-state index in [0.29, 0.717) is 0 Å². The van der Waals surface area contributed by atoms with Gasteiger partial charge in [0.1, 0.15) is 5.69 Å². The van der Waals surface area contributed by atoms with Crippen LogP contribution in [-0.4, -0.2) is 26.6 Å². The highest BCUT2D eigenvalue weighted by Gasteiger charge is 2.19. The number of benzene rings is 1. The van der Waals surface area contributed by atoms with Crippen LogP contribution < -0.4 is 5.43 Å². The van der Waals surface area contributed by atoms with Crippen LogP contribution in [0.2, 0.25) is 0 Å². The number of non-ortho nitro benzene ring substituents is 1. The lowest BCUT2D eigenvalue weighted by Crippen LogP contribution is -2.03. The molecule has 0 spiro atoms. The fourth-order valence-corrected chi connectivity index (χ4v) is 1.81. The summed E-state index contributed by atoms with van der Waals surface area (Å²) in [7, 11) is -2.72. The van der Waals surface area contributed by atoms with Gasteiger partial charge in [0, 0.05) is 11.8 Å². The zero-order valence-electron chi connectivity index (χ0n) is 10.3. The molecule has 0 heterocycles. The molecule has 0 radical (unpaired) electrons. The summed E-state index contributed by atoms with van der Waals surface area (Å²) in [6, 6.07) is 3.05. The normalized spacial score (nSPS) is 12.8. The molecule has 0 aliphatic heterocycles. The number of hydrazone groups is 1. The van der Waals surface area contributed by atoms with Crippen molar-refractivity contribution in [1.29, 1.82) is 0 Å². The predicted molar refractivity (Wildman–Crippen MR) is 72.6 cm³/mol. The second kappa shape index (κ2) is 6.73. The molecule has 20 heavy (non-hydrogen) atoms. The Morgan fingerprint density at radius 2 is 2.05 bits per heavy atom. The first kappa shape index (κ1) is 15.7. The van der Waals surface area contributed by atoms with E-state index in [-0.39, 0.29) is 17.6 Å². The Morgan fingerprint density at radius 3 is 2.55 bits per heavy atom. The number of nitrogens with zero attached hydrogens (tertiary/aromatic N) is 3. The maximum atomic E-state index is 10.8. The Balaban J connectivity index is 3.03. The molecule has 0 aliphatic rings. The summed E-state index contributed by atoms with van der Waals surface area (Å²) in [6.45, 7) is 1.48. The molecule has 2 N–H and O–H groups in total. The van der Waals surface area contributed by atoms with Gasteiger partial charge >= 0.3 is 5.69 Å². The van der Waals surface area contributed by atoms with Crippen LogP contribution in [0.5, 0.6) is 0 Å². The zero-order chi connectivity index (χ0) is 15.3. The molecule has 0 aliphatic carbocycles. The third-order valence-electron chi connectivity index (χ3n) is 2.16. The molecule has 1 aromatic carbocycles. The SMILES string of the molecule is CC(C[PH](=O)O)=NNc1ccc([N+](=O)[O-])cc1[N+](=O)[O-]. The lowest BCUT2D eigenvalue weighted by molar-refractivity contribution is -0.393. The monoisotopic (exact) mass is 302 g/mol. The summed E-state index contributed by atoms with van der Waals surface area (Å²) in [5.41, 5.74) is 1.67. The van der Waals surface area contributed by atoms with Crippen molar-refractivity contribution in [2.45, 2.75) is 6.92 Å². The third kappa shape index (κ3) is 4.41. The standard InChI is InChI=1S/C9H11N4O6P/c1-6(5-20(18)19)10-11-8-3-2-7(12(14)15)4-9(8)13(16)17/h2-4,11,20H,5H2,1H3,(H,18,19).